The first kappa shape index (κ1) is 14.6. The summed E-state index contributed by atoms with van der Waals surface area (Å²) in [5, 5.41) is 8.08. The lowest BCUT2D eigenvalue weighted by Gasteiger charge is -2.21. The average molecular weight is 273 g/mol. The normalized spacial score (nSPS) is 12.4. The van der Waals surface area contributed by atoms with Crippen LogP contribution in [0.4, 0.5) is 0 Å². The molecule has 0 aliphatic carbocycles. The largest absolute Gasteiger partial charge is 0.496 e. The number of nitrogens with one attached hydrogen (secondary N) is 1. The summed E-state index contributed by atoms with van der Waals surface area (Å²) in [6.45, 7) is 7.16. The fraction of sp³-hybridized carbons (Fsp3) is 0.438. The summed E-state index contributed by atoms with van der Waals surface area (Å²) in [6.07, 6.45) is 0. The number of hydrogen-bond acceptors (Lipinski definition) is 3. The molecule has 0 saturated heterocycles. The van der Waals surface area contributed by atoms with E-state index in [4.69, 9.17) is 4.74 Å². The number of benzene rings is 1. The lowest BCUT2D eigenvalue weighted by atomic mass is 9.96. The highest BCUT2D eigenvalue weighted by molar-refractivity contribution is 5.44. The van der Waals surface area contributed by atoms with E-state index in [-0.39, 0.29) is 6.04 Å². The first-order chi connectivity index (χ1) is 9.60. The standard InChI is InChI=1S/C16H23N3O/c1-6-17-16(13-9-7-8-10-14(13)20-5)15-11(2)18-19(4)12(15)3/h7-10,16-17H,6H2,1-5H3. The molecular formula is C16H23N3O. The average Bonchev–Trinajstić information content (AvgIpc) is 2.70. The van der Waals surface area contributed by atoms with Crippen molar-refractivity contribution in [3.8, 4) is 5.75 Å². The molecule has 1 aromatic carbocycles. The lowest BCUT2D eigenvalue weighted by Crippen LogP contribution is -2.23. The van der Waals surface area contributed by atoms with Crippen molar-refractivity contribution in [1.82, 2.24) is 15.1 Å². The number of hydrogen-bond donors (Lipinski definition) is 1. The number of ether oxygens (including phenoxy) is 1. The molecule has 1 N–H and O–H groups in total. The molecule has 1 aromatic heterocycles. The van der Waals surface area contributed by atoms with Gasteiger partial charge in [-0.25, -0.2) is 0 Å². The van der Waals surface area contributed by atoms with Crippen molar-refractivity contribution in [3.63, 3.8) is 0 Å². The van der Waals surface area contributed by atoms with Crippen LogP contribution in [-0.2, 0) is 7.05 Å². The van der Waals surface area contributed by atoms with Crippen LogP contribution in [0.25, 0.3) is 0 Å². The van der Waals surface area contributed by atoms with E-state index in [1.165, 1.54) is 11.3 Å². The maximum Gasteiger partial charge on any atom is 0.123 e. The third kappa shape index (κ3) is 2.56. The van der Waals surface area contributed by atoms with Crippen molar-refractivity contribution >= 4 is 0 Å². The van der Waals surface area contributed by atoms with E-state index in [0.717, 1.165) is 23.6 Å². The van der Waals surface area contributed by atoms with Gasteiger partial charge in [-0.05, 0) is 26.5 Å². The Morgan fingerprint density at radius 3 is 2.55 bits per heavy atom. The van der Waals surface area contributed by atoms with Crippen molar-refractivity contribution in [1.29, 1.82) is 0 Å². The fourth-order valence-electron chi connectivity index (χ4n) is 2.68. The molecule has 1 atom stereocenters. The van der Waals surface area contributed by atoms with Crippen molar-refractivity contribution < 1.29 is 4.74 Å². The number of methoxy groups -OCH3 is 1. The summed E-state index contributed by atoms with van der Waals surface area (Å²) in [5.74, 6) is 0.904. The Morgan fingerprint density at radius 1 is 1.30 bits per heavy atom. The van der Waals surface area contributed by atoms with Crippen molar-refractivity contribution in [2.75, 3.05) is 13.7 Å². The highest BCUT2D eigenvalue weighted by atomic mass is 16.5. The van der Waals surface area contributed by atoms with Gasteiger partial charge in [0.25, 0.3) is 0 Å². The summed E-state index contributed by atoms with van der Waals surface area (Å²) in [5.41, 5.74) is 4.62. The molecule has 2 rings (SSSR count). The third-order valence-corrected chi connectivity index (χ3v) is 3.71. The van der Waals surface area contributed by atoms with Crippen LogP contribution in [-0.4, -0.2) is 23.4 Å². The second-order valence-corrected chi connectivity index (χ2v) is 4.94. The summed E-state index contributed by atoms with van der Waals surface area (Å²) >= 11 is 0. The molecule has 108 valence electrons. The predicted molar refractivity (Wildman–Crippen MR) is 81.2 cm³/mol. The maximum atomic E-state index is 5.51. The van der Waals surface area contributed by atoms with E-state index in [1.807, 2.05) is 29.9 Å². The van der Waals surface area contributed by atoms with Gasteiger partial charge in [-0.15, -0.1) is 0 Å². The Hall–Kier alpha value is -1.81. The van der Waals surface area contributed by atoms with E-state index in [1.54, 1.807) is 7.11 Å². The van der Waals surface area contributed by atoms with Gasteiger partial charge in [0.15, 0.2) is 0 Å². The van der Waals surface area contributed by atoms with Crippen LogP contribution < -0.4 is 10.1 Å². The Bertz CT molecular complexity index is 589. The molecule has 0 fully saturated rings. The molecule has 0 saturated carbocycles. The van der Waals surface area contributed by atoms with Crippen molar-refractivity contribution in [2.45, 2.75) is 26.8 Å². The van der Waals surface area contributed by atoms with E-state index in [0.29, 0.717) is 0 Å². The Balaban J connectivity index is 2.56. The van der Waals surface area contributed by atoms with Crippen molar-refractivity contribution in [2.24, 2.45) is 7.05 Å². The smallest absolute Gasteiger partial charge is 0.123 e. The molecule has 0 aliphatic heterocycles. The van der Waals surface area contributed by atoms with Crippen LogP contribution in [0.2, 0.25) is 0 Å². The van der Waals surface area contributed by atoms with Crippen LogP contribution in [0.1, 0.15) is 35.5 Å². The van der Waals surface area contributed by atoms with Gasteiger partial charge in [0.1, 0.15) is 5.75 Å². The first-order valence-electron chi connectivity index (χ1n) is 6.96. The van der Waals surface area contributed by atoms with Crippen LogP contribution in [0.15, 0.2) is 24.3 Å². The molecule has 4 heteroatoms. The highest BCUT2D eigenvalue weighted by Gasteiger charge is 2.23. The molecular weight excluding hydrogens is 250 g/mol. The van der Waals surface area contributed by atoms with Gasteiger partial charge in [0.2, 0.25) is 0 Å². The molecule has 0 amide bonds. The molecule has 1 heterocycles. The van der Waals surface area contributed by atoms with Crippen LogP contribution in [0.5, 0.6) is 5.75 Å². The number of nitrogens with zero attached hydrogens (tertiary/aromatic N) is 2. The Labute approximate surface area is 120 Å². The monoisotopic (exact) mass is 273 g/mol. The summed E-state index contributed by atoms with van der Waals surface area (Å²) < 4.78 is 7.45. The fourth-order valence-corrected chi connectivity index (χ4v) is 2.68. The van der Waals surface area contributed by atoms with Crippen LogP contribution in [0.3, 0.4) is 0 Å². The third-order valence-electron chi connectivity index (χ3n) is 3.71. The van der Waals surface area contributed by atoms with E-state index in [2.05, 4.69) is 37.3 Å². The zero-order valence-corrected chi connectivity index (χ0v) is 12.9. The lowest BCUT2D eigenvalue weighted by molar-refractivity contribution is 0.404. The molecule has 2 aromatic rings. The first-order valence-corrected chi connectivity index (χ1v) is 6.96. The minimum Gasteiger partial charge on any atom is -0.496 e. The minimum absolute atomic E-state index is 0.102. The van der Waals surface area contributed by atoms with Gasteiger partial charge in [-0.2, -0.15) is 5.10 Å². The molecule has 0 spiro atoms. The van der Waals surface area contributed by atoms with Gasteiger partial charge in [-0.1, -0.05) is 25.1 Å². The second kappa shape index (κ2) is 6.09. The van der Waals surface area contributed by atoms with Gasteiger partial charge < -0.3 is 10.1 Å². The number of aromatic nitrogens is 2. The second-order valence-electron chi connectivity index (χ2n) is 4.94. The molecule has 0 aliphatic rings. The number of aryl methyl sites for hydroxylation is 2. The van der Waals surface area contributed by atoms with E-state index >= 15 is 0 Å². The highest BCUT2D eigenvalue weighted by Crippen LogP contribution is 2.32. The minimum atomic E-state index is 0.102. The zero-order valence-electron chi connectivity index (χ0n) is 12.9. The molecule has 1 unspecified atom stereocenters. The number of para-hydroxylation sites is 1. The van der Waals surface area contributed by atoms with Crippen LogP contribution in [0, 0.1) is 13.8 Å². The zero-order chi connectivity index (χ0) is 14.7. The summed E-state index contributed by atoms with van der Waals surface area (Å²) in [6, 6.07) is 8.25. The quantitative estimate of drug-likeness (QED) is 0.910. The predicted octanol–water partition coefficient (Wildman–Crippen LogP) is 2.74. The Kier molecular flexibility index (Phi) is 4.45. The van der Waals surface area contributed by atoms with Crippen LogP contribution >= 0.6 is 0 Å². The SMILES string of the molecule is CCNC(c1ccccc1OC)c1c(C)nn(C)c1C. The molecule has 20 heavy (non-hydrogen) atoms. The van der Waals surface area contributed by atoms with E-state index < -0.39 is 0 Å². The topological polar surface area (TPSA) is 39.1 Å². The van der Waals surface area contributed by atoms with Gasteiger partial charge in [0, 0.05) is 23.9 Å². The van der Waals surface area contributed by atoms with Gasteiger partial charge in [0.05, 0.1) is 18.8 Å². The molecule has 0 radical (unpaired) electrons. The maximum absolute atomic E-state index is 5.51. The van der Waals surface area contributed by atoms with Gasteiger partial charge in [-0.3, -0.25) is 4.68 Å². The number of rotatable bonds is 5. The molecule has 0 bridgehead atoms. The van der Waals surface area contributed by atoms with E-state index in [9.17, 15) is 0 Å². The summed E-state index contributed by atoms with van der Waals surface area (Å²) in [4.78, 5) is 0. The van der Waals surface area contributed by atoms with Gasteiger partial charge >= 0.3 is 0 Å². The summed E-state index contributed by atoms with van der Waals surface area (Å²) in [7, 11) is 3.70. The Morgan fingerprint density at radius 2 is 2.00 bits per heavy atom. The van der Waals surface area contributed by atoms with Crippen molar-refractivity contribution in [3.05, 3.63) is 46.8 Å². The molecule has 4 nitrogen and oxygen atoms in total.